The SMILES string of the molecule is O=C(COC(=O)[C@@H]1COc2ccc(Cl)cc2C1)NCCC1=CCCCC1. The molecule has 1 aliphatic heterocycles. The summed E-state index contributed by atoms with van der Waals surface area (Å²) < 4.78 is 10.7. The lowest BCUT2D eigenvalue weighted by atomic mass is 9.97. The van der Waals surface area contributed by atoms with Crippen LogP contribution < -0.4 is 10.1 Å². The Morgan fingerprint density at radius 3 is 3.00 bits per heavy atom. The van der Waals surface area contributed by atoms with Crippen molar-refractivity contribution < 1.29 is 19.1 Å². The highest BCUT2D eigenvalue weighted by Gasteiger charge is 2.27. The van der Waals surface area contributed by atoms with Gasteiger partial charge in [-0.2, -0.15) is 0 Å². The fraction of sp³-hybridized carbons (Fsp3) is 0.500. The van der Waals surface area contributed by atoms with Crippen LogP contribution in [0.15, 0.2) is 29.8 Å². The molecule has 3 rings (SSSR count). The Bertz CT molecular complexity index is 701. The van der Waals surface area contributed by atoms with E-state index < -0.39 is 11.9 Å². The molecule has 140 valence electrons. The Morgan fingerprint density at radius 2 is 2.19 bits per heavy atom. The number of hydrogen-bond acceptors (Lipinski definition) is 4. The number of esters is 1. The molecule has 1 amide bonds. The van der Waals surface area contributed by atoms with Gasteiger partial charge in [0.2, 0.25) is 0 Å². The normalized spacial score (nSPS) is 19.0. The quantitative estimate of drug-likeness (QED) is 0.609. The van der Waals surface area contributed by atoms with Crippen LogP contribution in [0.2, 0.25) is 5.02 Å². The number of fused-ring (bicyclic) bond motifs is 1. The highest BCUT2D eigenvalue weighted by atomic mass is 35.5. The van der Waals surface area contributed by atoms with Crippen LogP contribution in [-0.2, 0) is 20.7 Å². The van der Waals surface area contributed by atoms with E-state index in [2.05, 4.69) is 11.4 Å². The number of amides is 1. The van der Waals surface area contributed by atoms with Crippen LogP contribution in [0.25, 0.3) is 0 Å². The number of halogens is 1. The molecule has 1 aromatic rings. The number of carbonyl (C=O) groups excluding carboxylic acids is 2. The Hall–Kier alpha value is -2.01. The minimum absolute atomic E-state index is 0.253. The van der Waals surface area contributed by atoms with Crippen molar-refractivity contribution in [2.45, 2.75) is 38.5 Å². The van der Waals surface area contributed by atoms with E-state index in [9.17, 15) is 9.59 Å². The first-order valence-corrected chi connectivity index (χ1v) is 9.52. The van der Waals surface area contributed by atoms with Gasteiger partial charge in [0, 0.05) is 11.6 Å². The third-order valence-corrected chi connectivity index (χ3v) is 5.00. The predicted octanol–water partition coefficient (Wildman–Crippen LogP) is 3.44. The molecule has 1 atom stereocenters. The van der Waals surface area contributed by atoms with Crippen molar-refractivity contribution in [2.24, 2.45) is 5.92 Å². The fourth-order valence-electron chi connectivity index (χ4n) is 3.31. The summed E-state index contributed by atoms with van der Waals surface area (Å²) in [5.74, 6) is -0.356. The van der Waals surface area contributed by atoms with E-state index in [4.69, 9.17) is 21.1 Å². The maximum Gasteiger partial charge on any atom is 0.313 e. The molecule has 0 fully saturated rings. The van der Waals surface area contributed by atoms with Gasteiger partial charge in [-0.15, -0.1) is 0 Å². The summed E-state index contributed by atoms with van der Waals surface area (Å²) in [5, 5.41) is 3.41. The first kappa shape index (κ1) is 18.8. The topological polar surface area (TPSA) is 64.6 Å². The highest BCUT2D eigenvalue weighted by Crippen LogP contribution is 2.30. The maximum absolute atomic E-state index is 12.2. The molecule has 0 radical (unpaired) electrons. The lowest BCUT2D eigenvalue weighted by Gasteiger charge is -2.24. The van der Waals surface area contributed by atoms with E-state index in [0.717, 1.165) is 30.6 Å². The second-order valence-electron chi connectivity index (χ2n) is 6.78. The lowest BCUT2D eigenvalue weighted by molar-refractivity contribution is -0.153. The minimum atomic E-state index is -0.416. The second-order valence-corrected chi connectivity index (χ2v) is 7.22. The molecule has 0 bridgehead atoms. The molecule has 1 aromatic carbocycles. The number of benzene rings is 1. The van der Waals surface area contributed by atoms with Gasteiger partial charge >= 0.3 is 5.97 Å². The van der Waals surface area contributed by atoms with Crippen molar-refractivity contribution in [3.63, 3.8) is 0 Å². The molecule has 0 aromatic heterocycles. The smallest absolute Gasteiger partial charge is 0.313 e. The van der Waals surface area contributed by atoms with Gasteiger partial charge in [-0.3, -0.25) is 9.59 Å². The monoisotopic (exact) mass is 377 g/mol. The van der Waals surface area contributed by atoms with Crippen molar-refractivity contribution in [1.29, 1.82) is 0 Å². The molecule has 2 aliphatic rings. The minimum Gasteiger partial charge on any atom is -0.492 e. The molecular formula is C20H24ClNO4. The molecular weight excluding hydrogens is 354 g/mol. The van der Waals surface area contributed by atoms with Crippen molar-refractivity contribution in [2.75, 3.05) is 19.8 Å². The first-order valence-electron chi connectivity index (χ1n) is 9.14. The number of hydrogen-bond donors (Lipinski definition) is 1. The summed E-state index contributed by atoms with van der Waals surface area (Å²) in [7, 11) is 0. The highest BCUT2D eigenvalue weighted by molar-refractivity contribution is 6.30. The molecule has 5 nitrogen and oxygen atoms in total. The van der Waals surface area contributed by atoms with Crippen LogP contribution in [-0.4, -0.2) is 31.6 Å². The lowest BCUT2D eigenvalue weighted by Crippen LogP contribution is -2.34. The molecule has 26 heavy (non-hydrogen) atoms. The number of ether oxygens (including phenoxy) is 2. The van der Waals surface area contributed by atoms with Crippen molar-refractivity contribution in [3.05, 3.63) is 40.4 Å². The van der Waals surface area contributed by atoms with Gasteiger partial charge < -0.3 is 14.8 Å². The summed E-state index contributed by atoms with van der Waals surface area (Å²) in [6.45, 7) is 0.584. The van der Waals surface area contributed by atoms with Gasteiger partial charge in [0.15, 0.2) is 6.61 Å². The van der Waals surface area contributed by atoms with E-state index >= 15 is 0 Å². The number of allylic oxidation sites excluding steroid dienone is 1. The van der Waals surface area contributed by atoms with Crippen LogP contribution in [0.3, 0.4) is 0 Å². The van der Waals surface area contributed by atoms with E-state index in [1.54, 1.807) is 18.2 Å². The molecule has 0 unspecified atom stereocenters. The molecule has 0 saturated carbocycles. The third-order valence-electron chi connectivity index (χ3n) is 4.76. The third kappa shape index (κ3) is 5.24. The van der Waals surface area contributed by atoms with Crippen molar-refractivity contribution in [1.82, 2.24) is 5.32 Å². The van der Waals surface area contributed by atoms with Crippen molar-refractivity contribution >= 4 is 23.5 Å². The zero-order valence-corrected chi connectivity index (χ0v) is 15.5. The largest absolute Gasteiger partial charge is 0.492 e. The maximum atomic E-state index is 12.2. The Kier molecular flexibility index (Phi) is 6.56. The van der Waals surface area contributed by atoms with E-state index in [1.165, 1.54) is 18.4 Å². The zero-order valence-electron chi connectivity index (χ0n) is 14.8. The second kappa shape index (κ2) is 9.08. The molecule has 6 heteroatoms. The van der Waals surface area contributed by atoms with E-state index in [-0.39, 0.29) is 19.1 Å². The summed E-state index contributed by atoms with van der Waals surface area (Å²) in [5.41, 5.74) is 2.29. The molecule has 1 aliphatic carbocycles. The predicted molar refractivity (Wildman–Crippen MR) is 99.3 cm³/mol. The number of carbonyl (C=O) groups is 2. The first-order chi connectivity index (χ1) is 12.6. The Balaban J connectivity index is 1.38. The molecule has 0 saturated heterocycles. The fourth-order valence-corrected chi connectivity index (χ4v) is 3.51. The van der Waals surface area contributed by atoms with E-state index in [1.807, 2.05) is 0 Å². The summed E-state index contributed by atoms with van der Waals surface area (Å²) in [6.07, 6.45) is 8.39. The van der Waals surface area contributed by atoms with Crippen molar-refractivity contribution in [3.8, 4) is 5.75 Å². The summed E-state index contributed by atoms with van der Waals surface area (Å²) in [6, 6.07) is 5.35. The van der Waals surface area contributed by atoms with Gasteiger partial charge in [-0.25, -0.2) is 0 Å². The van der Waals surface area contributed by atoms with Crippen LogP contribution in [0.4, 0.5) is 0 Å². The van der Waals surface area contributed by atoms with Gasteiger partial charge in [0.25, 0.3) is 5.91 Å². The van der Waals surface area contributed by atoms with Crippen LogP contribution >= 0.6 is 11.6 Å². The average molecular weight is 378 g/mol. The summed E-state index contributed by atoms with van der Waals surface area (Å²) in [4.78, 5) is 24.1. The van der Waals surface area contributed by atoms with Crippen LogP contribution in [0.5, 0.6) is 5.75 Å². The number of rotatable bonds is 6. The Labute approximate surface area is 158 Å². The van der Waals surface area contributed by atoms with Gasteiger partial charge in [0.1, 0.15) is 12.4 Å². The van der Waals surface area contributed by atoms with Gasteiger partial charge in [0.05, 0.1) is 5.92 Å². The van der Waals surface area contributed by atoms with Crippen LogP contribution in [0, 0.1) is 5.92 Å². The number of nitrogens with one attached hydrogen (secondary N) is 1. The Morgan fingerprint density at radius 1 is 1.31 bits per heavy atom. The summed E-state index contributed by atoms with van der Waals surface area (Å²) >= 11 is 5.98. The molecule has 1 heterocycles. The van der Waals surface area contributed by atoms with Gasteiger partial charge in [-0.05, 0) is 62.3 Å². The zero-order chi connectivity index (χ0) is 18.4. The van der Waals surface area contributed by atoms with Crippen LogP contribution in [0.1, 0.15) is 37.7 Å². The van der Waals surface area contributed by atoms with E-state index in [0.29, 0.717) is 18.0 Å². The molecule has 1 N–H and O–H groups in total. The molecule has 0 spiro atoms. The average Bonchev–Trinajstić information content (AvgIpc) is 2.66. The van der Waals surface area contributed by atoms with Gasteiger partial charge in [-0.1, -0.05) is 23.3 Å². The standard InChI is InChI=1S/C20H24ClNO4/c21-17-6-7-18-15(11-17)10-16(12-25-18)20(24)26-13-19(23)22-9-8-14-4-2-1-3-5-14/h4,6-7,11,16H,1-3,5,8-10,12-13H2,(H,22,23)/t16-/m0/s1.